The summed E-state index contributed by atoms with van der Waals surface area (Å²) in [6.07, 6.45) is 0.725. The van der Waals surface area contributed by atoms with Crippen LogP contribution < -0.4 is 0 Å². The highest BCUT2D eigenvalue weighted by Crippen LogP contribution is 2.08. The van der Waals surface area contributed by atoms with Gasteiger partial charge in [-0.2, -0.15) is 0 Å². The molecule has 1 aromatic heterocycles. The van der Waals surface area contributed by atoms with E-state index >= 15 is 0 Å². The number of tetrazole rings is 1. The molecule has 0 amide bonds. The molecule has 1 heterocycles. The SMILES string of the molecule is COC(=O)CCc1nnnn1COCC[Si](C)(C)C. The number of hydrogen-bond donors (Lipinski definition) is 0. The van der Waals surface area contributed by atoms with E-state index in [0.29, 0.717) is 25.6 Å². The first-order valence-electron chi connectivity index (χ1n) is 6.32. The Morgan fingerprint density at radius 2 is 2.11 bits per heavy atom. The first-order valence-corrected chi connectivity index (χ1v) is 10.0. The lowest BCUT2D eigenvalue weighted by Gasteiger charge is -2.15. The van der Waals surface area contributed by atoms with E-state index in [4.69, 9.17) is 4.74 Å². The predicted octanol–water partition coefficient (Wildman–Crippen LogP) is 1.09. The number of aromatic nitrogens is 4. The van der Waals surface area contributed by atoms with Gasteiger partial charge in [0.1, 0.15) is 6.73 Å². The van der Waals surface area contributed by atoms with Crippen molar-refractivity contribution in [1.29, 1.82) is 0 Å². The maximum Gasteiger partial charge on any atom is 0.305 e. The Morgan fingerprint density at radius 3 is 2.74 bits per heavy atom. The second-order valence-corrected chi connectivity index (χ2v) is 11.1. The maximum absolute atomic E-state index is 11.1. The number of esters is 1. The third-order valence-electron chi connectivity index (χ3n) is 2.60. The van der Waals surface area contributed by atoms with Crippen LogP contribution >= 0.6 is 0 Å². The van der Waals surface area contributed by atoms with Gasteiger partial charge in [-0.05, 0) is 16.5 Å². The molecule has 108 valence electrons. The molecule has 0 aliphatic rings. The molecule has 0 unspecified atom stereocenters. The summed E-state index contributed by atoms with van der Waals surface area (Å²) in [6.45, 7) is 7.94. The predicted molar refractivity (Wildman–Crippen MR) is 72.3 cm³/mol. The Labute approximate surface area is 114 Å². The number of aryl methyl sites for hydroxylation is 1. The van der Waals surface area contributed by atoms with Crippen molar-refractivity contribution in [3.05, 3.63) is 5.82 Å². The molecule has 0 bridgehead atoms. The van der Waals surface area contributed by atoms with Crippen LogP contribution in [0.15, 0.2) is 0 Å². The fourth-order valence-electron chi connectivity index (χ4n) is 1.35. The lowest BCUT2D eigenvalue weighted by Crippen LogP contribution is -2.22. The molecular weight excluding hydrogens is 264 g/mol. The van der Waals surface area contributed by atoms with Crippen molar-refractivity contribution in [2.45, 2.75) is 45.3 Å². The molecule has 0 aliphatic heterocycles. The number of nitrogens with zero attached hydrogens (tertiary/aromatic N) is 4. The van der Waals surface area contributed by atoms with Crippen LogP contribution in [0.25, 0.3) is 0 Å². The summed E-state index contributed by atoms with van der Waals surface area (Å²) in [5.74, 6) is 0.368. The van der Waals surface area contributed by atoms with E-state index in [0.717, 1.165) is 6.04 Å². The molecule has 0 N–H and O–H groups in total. The Hall–Kier alpha value is -1.28. The van der Waals surface area contributed by atoms with E-state index in [1.807, 2.05) is 0 Å². The lowest BCUT2D eigenvalue weighted by molar-refractivity contribution is -0.140. The van der Waals surface area contributed by atoms with Crippen LogP contribution in [0, 0.1) is 0 Å². The smallest absolute Gasteiger partial charge is 0.305 e. The summed E-state index contributed by atoms with van der Waals surface area (Å²) >= 11 is 0. The highest BCUT2D eigenvalue weighted by atomic mass is 28.3. The monoisotopic (exact) mass is 286 g/mol. The van der Waals surface area contributed by atoms with Gasteiger partial charge < -0.3 is 9.47 Å². The Kier molecular flexibility index (Phi) is 6.09. The van der Waals surface area contributed by atoms with Gasteiger partial charge in [0.05, 0.1) is 13.5 Å². The summed E-state index contributed by atoms with van der Waals surface area (Å²) in [7, 11) is 0.291. The quantitative estimate of drug-likeness (QED) is 0.404. The average Bonchev–Trinajstić information content (AvgIpc) is 2.78. The maximum atomic E-state index is 11.1. The van der Waals surface area contributed by atoms with Crippen LogP contribution in [-0.4, -0.2) is 48.0 Å². The molecule has 0 fully saturated rings. The van der Waals surface area contributed by atoms with Crippen molar-refractivity contribution in [1.82, 2.24) is 20.2 Å². The lowest BCUT2D eigenvalue weighted by atomic mass is 10.3. The molecule has 0 saturated carbocycles. The number of ether oxygens (including phenoxy) is 2. The molecule has 0 saturated heterocycles. The van der Waals surface area contributed by atoms with Crippen LogP contribution in [0.4, 0.5) is 0 Å². The first-order chi connectivity index (χ1) is 8.92. The Balaban J connectivity index is 2.34. The molecule has 1 rings (SSSR count). The highest BCUT2D eigenvalue weighted by Gasteiger charge is 2.13. The van der Waals surface area contributed by atoms with E-state index in [-0.39, 0.29) is 12.4 Å². The van der Waals surface area contributed by atoms with Gasteiger partial charge in [0.15, 0.2) is 5.82 Å². The van der Waals surface area contributed by atoms with Crippen LogP contribution in [0.1, 0.15) is 12.2 Å². The molecule has 7 nitrogen and oxygen atoms in total. The molecular formula is C11H22N4O3Si. The fourth-order valence-corrected chi connectivity index (χ4v) is 2.10. The van der Waals surface area contributed by atoms with Gasteiger partial charge in [0, 0.05) is 21.1 Å². The van der Waals surface area contributed by atoms with Crippen molar-refractivity contribution in [3.8, 4) is 0 Å². The van der Waals surface area contributed by atoms with E-state index in [1.165, 1.54) is 7.11 Å². The van der Waals surface area contributed by atoms with Gasteiger partial charge in [-0.1, -0.05) is 19.6 Å². The first kappa shape index (κ1) is 15.8. The van der Waals surface area contributed by atoms with Crippen LogP contribution in [0.2, 0.25) is 25.7 Å². The minimum atomic E-state index is -1.08. The normalized spacial score (nSPS) is 11.6. The van der Waals surface area contributed by atoms with Crippen LogP contribution in [0.5, 0.6) is 0 Å². The minimum absolute atomic E-state index is 0.269. The summed E-state index contributed by atoms with van der Waals surface area (Å²) < 4.78 is 11.7. The topological polar surface area (TPSA) is 79.1 Å². The van der Waals surface area contributed by atoms with E-state index in [2.05, 4.69) is 39.9 Å². The summed E-state index contributed by atoms with van der Waals surface area (Å²) in [5, 5.41) is 11.3. The second-order valence-electron chi connectivity index (χ2n) is 5.52. The van der Waals surface area contributed by atoms with Gasteiger partial charge in [-0.15, -0.1) is 5.10 Å². The van der Waals surface area contributed by atoms with Gasteiger partial charge in [-0.25, -0.2) is 4.68 Å². The fraction of sp³-hybridized carbons (Fsp3) is 0.818. The molecule has 0 aromatic carbocycles. The Bertz CT molecular complexity index is 403. The van der Waals surface area contributed by atoms with Crippen LogP contribution in [-0.2, 0) is 27.4 Å². The number of rotatable bonds is 8. The van der Waals surface area contributed by atoms with E-state index in [9.17, 15) is 4.79 Å². The van der Waals surface area contributed by atoms with Crippen molar-refractivity contribution < 1.29 is 14.3 Å². The largest absolute Gasteiger partial charge is 0.469 e. The van der Waals surface area contributed by atoms with Gasteiger partial charge in [0.25, 0.3) is 0 Å². The summed E-state index contributed by atoms with van der Waals surface area (Å²) in [5.41, 5.74) is 0. The number of carbonyl (C=O) groups excluding carboxylic acids is 1. The minimum Gasteiger partial charge on any atom is -0.469 e. The number of methoxy groups -OCH3 is 1. The summed E-state index contributed by atoms with van der Waals surface area (Å²) in [6, 6.07) is 1.10. The molecule has 0 radical (unpaired) electrons. The van der Waals surface area contributed by atoms with Crippen molar-refractivity contribution in [3.63, 3.8) is 0 Å². The summed E-state index contributed by atoms with van der Waals surface area (Å²) in [4.78, 5) is 11.1. The van der Waals surface area contributed by atoms with Crippen molar-refractivity contribution in [2.75, 3.05) is 13.7 Å². The number of hydrogen-bond acceptors (Lipinski definition) is 6. The van der Waals surface area contributed by atoms with Crippen molar-refractivity contribution in [2.24, 2.45) is 0 Å². The third-order valence-corrected chi connectivity index (χ3v) is 4.30. The zero-order valence-electron chi connectivity index (χ0n) is 12.0. The zero-order valence-corrected chi connectivity index (χ0v) is 13.0. The molecule has 1 aromatic rings. The van der Waals surface area contributed by atoms with Gasteiger partial charge >= 0.3 is 5.97 Å². The molecule has 0 atom stereocenters. The third kappa shape index (κ3) is 6.44. The molecule has 0 aliphatic carbocycles. The van der Waals surface area contributed by atoms with E-state index in [1.54, 1.807) is 4.68 Å². The average molecular weight is 286 g/mol. The molecule has 19 heavy (non-hydrogen) atoms. The van der Waals surface area contributed by atoms with Crippen LogP contribution in [0.3, 0.4) is 0 Å². The Morgan fingerprint density at radius 1 is 1.37 bits per heavy atom. The van der Waals surface area contributed by atoms with Crippen molar-refractivity contribution >= 4 is 14.0 Å². The zero-order chi connectivity index (χ0) is 14.3. The van der Waals surface area contributed by atoms with Gasteiger partial charge in [-0.3, -0.25) is 4.79 Å². The second kappa shape index (κ2) is 7.34. The molecule has 0 spiro atoms. The number of carbonyl (C=O) groups is 1. The standard InChI is InChI=1S/C11H22N4O3Si/c1-17-11(16)6-5-10-12-13-14-15(10)9-18-7-8-19(2,3)4/h5-9H2,1-4H3. The highest BCUT2D eigenvalue weighted by molar-refractivity contribution is 6.76. The van der Waals surface area contributed by atoms with Gasteiger partial charge in [0.2, 0.25) is 0 Å². The molecule has 8 heteroatoms. The van der Waals surface area contributed by atoms with E-state index < -0.39 is 8.07 Å².